The zero-order valence-electron chi connectivity index (χ0n) is 19.0. The van der Waals surface area contributed by atoms with Crippen molar-refractivity contribution in [2.45, 2.75) is 26.1 Å². The van der Waals surface area contributed by atoms with Crippen LogP contribution in [0.25, 0.3) is 34.0 Å². The molecule has 0 aliphatic carbocycles. The Morgan fingerprint density at radius 1 is 0.972 bits per heavy atom. The van der Waals surface area contributed by atoms with E-state index in [0.717, 1.165) is 6.07 Å². The summed E-state index contributed by atoms with van der Waals surface area (Å²) >= 11 is 0. The molecular formula is C25H19F4N5O2. The summed E-state index contributed by atoms with van der Waals surface area (Å²) in [7, 11) is 0. The van der Waals surface area contributed by atoms with Crippen molar-refractivity contribution < 1.29 is 26.8 Å². The molecule has 2 aliphatic rings. The summed E-state index contributed by atoms with van der Waals surface area (Å²) in [5, 5.41) is 8.08. The van der Waals surface area contributed by atoms with E-state index >= 15 is 0 Å². The molecule has 0 saturated carbocycles. The highest BCUT2D eigenvalue weighted by atomic mass is 19.4. The Morgan fingerprint density at radius 3 is 2.56 bits per heavy atom. The molecule has 0 unspecified atom stereocenters. The zero-order valence-corrected chi connectivity index (χ0v) is 19.0. The number of hydrogen-bond acceptors (Lipinski definition) is 6. The van der Waals surface area contributed by atoms with E-state index in [9.17, 15) is 17.6 Å². The van der Waals surface area contributed by atoms with Gasteiger partial charge < -0.3 is 9.26 Å². The van der Waals surface area contributed by atoms with Gasteiger partial charge in [0.15, 0.2) is 11.6 Å². The molecule has 7 nitrogen and oxygen atoms in total. The third kappa shape index (κ3) is 4.77. The van der Waals surface area contributed by atoms with Gasteiger partial charge in [-0.15, -0.1) is 0 Å². The zero-order chi connectivity index (χ0) is 25.3. The van der Waals surface area contributed by atoms with Crippen LogP contribution in [-0.2, 0) is 12.7 Å². The van der Waals surface area contributed by atoms with E-state index in [1.807, 2.05) is 6.92 Å². The lowest BCUT2D eigenvalue weighted by Crippen LogP contribution is -2.08. The van der Waals surface area contributed by atoms with Gasteiger partial charge >= 0.3 is 6.18 Å². The fourth-order valence-corrected chi connectivity index (χ4v) is 3.68. The van der Waals surface area contributed by atoms with E-state index in [1.165, 1.54) is 35.1 Å². The van der Waals surface area contributed by atoms with Crippen LogP contribution in [0.15, 0.2) is 65.4 Å². The number of imidazole rings is 1. The van der Waals surface area contributed by atoms with Gasteiger partial charge in [0, 0.05) is 11.6 Å². The van der Waals surface area contributed by atoms with Crippen molar-refractivity contribution >= 4 is 0 Å². The number of fused-ring (bicyclic) bond motifs is 1. The number of aromatic nitrogens is 5. The molecule has 2 aliphatic heterocycles. The molecule has 0 fully saturated rings. The van der Waals surface area contributed by atoms with Crippen molar-refractivity contribution in [2.24, 2.45) is 0 Å². The second-order valence-corrected chi connectivity index (χ2v) is 8.00. The third-order valence-electron chi connectivity index (χ3n) is 5.35. The first-order chi connectivity index (χ1) is 17.3. The van der Waals surface area contributed by atoms with Crippen LogP contribution in [-0.4, -0.2) is 31.5 Å². The van der Waals surface area contributed by atoms with Gasteiger partial charge in [-0.25, -0.2) is 14.4 Å². The SMILES string of the molecule is CCCOc1ccc(-c2cc(Cn3cc4nc(-c5ccccc5F)nc-4cn3)on2)c(C(F)(F)F)c1. The monoisotopic (exact) mass is 497 g/mol. The normalized spacial score (nSPS) is 11.8. The quantitative estimate of drug-likeness (QED) is 0.253. The molecule has 184 valence electrons. The van der Waals surface area contributed by atoms with Gasteiger partial charge in [-0.05, 0) is 36.8 Å². The van der Waals surface area contributed by atoms with Crippen molar-refractivity contribution in [1.29, 1.82) is 0 Å². The fourth-order valence-electron chi connectivity index (χ4n) is 3.68. The molecule has 2 aromatic carbocycles. The average Bonchev–Trinajstić information content (AvgIpc) is 3.49. The smallest absolute Gasteiger partial charge is 0.417 e. The topological polar surface area (TPSA) is 78.9 Å². The van der Waals surface area contributed by atoms with Gasteiger partial charge in [0.05, 0.1) is 30.1 Å². The van der Waals surface area contributed by atoms with Crippen LogP contribution < -0.4 is 4.74 Å². The number of rotatable bonds is 7. The first-order valence-corrected chi connectivity index (χ1v) is 11.1. The standard InChI is InChI=1S/C25H19F4N5O2/c1-2-9-35-15-7-8-17(19(10-15)25(27,28)29)21-11-16(36-33-21)13-34-14-23-22(12-30-34)31-24(32-23)18-5-3-4-6-20(18)26/h3-8,10-12,14H,2,9,13H2,1H3. The number of hydrogen-bond donors (Lipinski definition) is 0. The van der Waals surface area contributed by atoms with Crippen LogP contribution in [0.1, 0.15) is 24.7 Å². The number of alkyl halides is 3. The highest BCUT2D eigenvalue weighted by Gasteiger charge is 2.35. The fraction of sp³-hybridized carbons (Fsp3) is 0.200. The molecule has 5 rings (SSSR count). The third-order valence-corrected chi connectivity index (χ3v) is 5.35. The molecule has 0 atom stereocenters. The molecule has 0 spiro atoms. The van der Waals surface area contributed by atoms with Gasteiger partial charge in [0.2, 0.25) is 0 Å². The Labute approximate surface area is 202 Å². The first kappa shape index (κ1) is 23.5. The van der Waals surface area contributed by atoms with Crippen molar-refractivity contribution in [3.05, 3.63) is 78.1 Å². The van der Waals surface area contributed by atoms with Gasteiger partial charge in [-0.3, -0.25) is 4.68 Å². The Morgan fingerprint density at radius 2 is 1.78 bits per heavy atom. The Balaban J connectivity index is 1.40. The van der Waals surface area contributed by atoms with E-state index in [1.54, 1.807) is 24.4 Å². The maximum atomic E-state index is 14.1. The molecule has 3 aromatic rings. The van der Waals surface area contributed by atoms with E-state index in [-0.39, 0.29) is 40.7 Å². The summed E-state index contributed by atoms with van der Waals surface area (Å²) in [5.74, 6) is 0.215. The Bertz CT molecular complexity index is 1480. The average molecular weight is 497 g/mol. The van der Waals surface area contributed by atoms with Crippen LogP contribution in [0.4, 0.5) is 17.6 Å². The summed E-state index contributed by atoms with van der Waals surface area (Å²) in [4.78, 5) is 8.69. The summed E-state index contributed by atoms with van der Waals surface area (Å²) in [6.45, 7) is 2.27. The number of ether oxygens (including phenoxy) is 1. The van der Waals surface area contributed by atoms with Crippen molar-refractivity contribution in [1.82, 2.24) is 24.9 Å². The molecule has 0 N–H and O–H groups in total. The van der Waals surface area contributed by atoms with E-state index in [4.69, 9.17) is 9.26 Å². The molecule has 3 heterocycles. The minimum Gasteiger partial charge on any atom is -0.494 e. The van der Waals surface area contributed by atoms with Gasteiger partial charge in [-0.2, -0.15) is 18.3 Å². The predicted molar refractivity (Wildman–Crippen MR) is 122 cm³/mol. The summed E-state index contributed by atoms with van der Waals surface area (Å²) in [5.41, 5.74) is 0.276. The lowest BCUT2D eigenvalue weighted by atomic mass is 10.0. The molecule has 0 saturated heterocycles. The van der Waals surface area contributed by atoms with Gasteiger partial charge in [-0.1, -0.05) is 24.2 Å². The predicted octanol–water partition coefficient (Wildman–Crippen LogP) is 6.09. The summed E-state index contributed by atoms with van der Waals surface area (Å²) < 4.78 is 67.4. The molecular weight excluding hydrogens is 478 g/mol. The van der Waals surface area contributed by atoms with E-state index in [2.05, 4.69) is 20.2 Å². The molecule has 0 bridgehead atoms. The van der Waals surface area contributed by atoms with Gasteiger partial charge in [0.25, 0.3) is 0 Å². The minimum absolute atomic E-state index is 0.0380. The van der Waals surface area contributed by atoms with E-state index < -0.39 is 17.6 Å². The second kappa shape index (κ2) is 9.40. The van der Waals surface area contributed by atoms with Crippen LogP contribution in [0.3, 0.4) is 0 Å². The Hall–Kier alpha value is -4.28. The number of halogens is 4. The maximum absolute atomic E-state index is 14.1. The largest absolute Gasteiger partial charge is 0.494 e. The summed E-state index contributed by atoms with van der Waals surface area (Å²) in [6.07, 6.45) is -0.863. The highest BCUT2D eigenvalue weighted by molar-refractivity contribution is 5.66. The highest BCUT2D eigenvalue weighted by Crippen LogP contribution is 2.39. The Kier molecular flexibility index (Phi) is 6.13. The van der Waals surface area contributed by atoms with Crippen molar-refractivity contribution in [3.63, 3.8) is 0 Å². The van der Waals surface area contributed by atoms with Crippen molar-refractivity contribution in [3.8, 4) is 39.8 Å². The molecule has 0 radical (unpaired) electrons. The van der Waals surface area contributed by atoms with E-state index in [0.29, 0.717) is 24.4 Å². The minimum atomic E-state index is -4.60. The maximum Gasteiger partial charge on any atom is 0.417 e. The summed E-state index contributed by atoms with van der Waals surface area (Å²) in [6, 6.07) is 11.4. The van der Waals surface area contributed by atoms with Crippen LogP contribution in [0, 0.1) is 5.82 Å². The van der Waals surface area contributed by atoms with Crippen LogP contribution >= 0.6 is 0 Å². The molecule has 36 heavy (non-hydrogen) atoms. The number of benzene rings is 2. The molecule has 1 aromatic heterocycles. The first-order valence-electron chi connectivity index (χ1n) is 11.1. The second-order valence-electron chi connectivity index (χ2n) is 8.00. The van der Waals surface area contributed by atoms with Crippen molar-refractivity contribution in [2.75, 3.05) is 6.61 Å². The lowest BCUT2D eigenvalue weighted by molar-refractivity contribution is -0.137. The lowest BCUT2D eigenvalue weighted by Gasteiger charge is -2.13. The number of nitrogens with zero attached hydrogens (tertiary/aromatic N) is 5. The van der Waals surface area contributed by atoms with Crippen LogP contribution in [0.2, 0.25) is 0 Å². The molecule has 0 amide bonds. The van der Waals surface area contributed by atoms with Crippen LogP contribution in [0.5, 0.6) is 5.75 Å². The molecule has 11 heteroatoms. The van der Waals surface area contributed by atoms with Gasteiger partial charge in [0.1, 0.15) is 35.2 Å².